The Kier molecular flexibility index (Phi) is 2.39. The fraction of sp³-hybridized carbons (Fsp3) is 0.111. The smallest absolute Gasteiger partial charge is 0.395 e. The molecule has 0 saturated carbocycles. The van der Waals surface area contributed by atoms with E-state index in [9.17, 15) is 17.6 Å². The molecule has 0 heterocycles. The third kappa shape index (κ3) is 1.79. The summed E-state index contributed by atoms with van der Waals surface area (Å²) in [4.78, 5) is 0. The minimum absolute atomic E-state index is 0.294. The molecule has 0 spiro atoms. The van der Waals surface area contributed by atoms with Crippen molar-refractivity contribution in [2.75, 3.05) is 5.73 Å². The van der Waals surface area contributed by atoms with Crippen molar-refractivity contribution in [2.24, 2.45) is 0 Å². The van der Waals surface area contributed by atoms with Crippen LogP contribution in [0.15, 0.2) is 12.1 Å². The molecule has 1 rings (SSSR count). The highest BCUT2D eigenvalue weighted by Crippen LogP contribution is 2.32. The van der Waals surface area contributed by atoms with Crippen LogP contribution in [0, 0.1) is 18.2 Å². The third-order valence-corrected chi connectivity index (χ3v) is 1.61. The molecule has 0 saturated heterocycles. The summed E-state index contributed by atoms with van der Waals surface area (Å²) >= 11 is 0. The van der Waals surface area contributed by atoms with Gasteiger partial charge in [0.2, 0.25) is 0 Å². The zero-order valence-electron chi connectivity index (χ0n) is 6.82. The predicted octanol–water partition coefficient (Wildman–Crippen LogP) is 2.41. The number of benzene rings is 1. The van der Waals surface area contributed by atoms with Crippen molar-refractivity contribution in [3.05, 3.63) is 29.1 Å². The lowest BCUT2D eigenvalue weighted by atomic mass is 10.1. The van der Waals surface area contributed by atoms with Gasteiger partial charge in [-0.05, 0) is 12.1 Å². The Hall–Kier alpha value is -1.70. The van der Waals surface area contributed by atoms with Gasteiger partial charge in [-0.1, -0.05) is 5.92 Å². The molecule has 0 aliphatic rings. The fourth-order valence-electron chi connectivity index (χ4n) is 0.901. The van der Waals surface area contributed by atoms with Gasteiger partial charge in [0, 0.05) is 0 Å². The summed E-state index contributed by atoms with van der Waals surface area (Å²) in [6.45, 7) is 0. The van der Waals surface area contributed by atoms with Gasteiger partial charge in [0.1, 0.15) is 5.82 Å². The van der Waals surface area contributed by atoms with Gasteiger partial charge in [0.05, 0.1) is 16.8 Å². The fourth-order valence-corrected chi connectivity index (χ4v) is 0.901. The minimum atomic E-state index is -4.62. The maximum absolute atomic E-state index is 12.8. The SMILES string of the molecule is C#Cc1cc(C(F)(F)F)cc(F)c1N. The molecule has 0 radical (unpaired) electrons. The number of nitrogen functional groups attached to an aromatic ring is 1. The summed E-state index contributed by atoms with van der Waals surface area (Å²) in [6, 6.07) is 0.953. The summed E-state index contributed by atoms with van der Waals surface area (Å²) in [5, 5.41) is 0. The molecule has 5 heteroatoms. The average Bonchev–Trinajstić information content (AvgIpc) is 2.07. The van der Waals surface area contributed by atoms with Crippen LogP contribution in [0.4, 0.5) is 23.2 Å². The van der Waals surface area contributed by atoms with E-state index in [-0.39, 0.29) is 5.56 Å². The Morgan fingerprint density at radius 1 is 1.29 bits per heavy atom. The van der Waals surface area contributed by atoms with Crippen molar-refractivity contribution in [1.82, 2.24) is 0 Å². The first kappa shape index (κ1) is 10.4. The van der Waals surface area contributed by atoms with Crippen LogP contribution < -0.4 is 5.73 Å². The minimum Gasteiger partial charge on any atom is -0.395 e. The maximum Gasteiger partial charge on any atom is 0.416 e. The van der Waals surface area contributed by atoms with Gasteiger partial charge in [0.15, 0.2) is 0 Å². The lowest BCUT2D eigenvalue weighted by Crippen LogP contribution is -2.07. The van der Waals surface area contributed by atoms with Crippen LogP contribution in [0.25, 0.3) is 0 Å². The molecule has 0 bridgehead atoms. The van der Waals surface area contributed by atoms with Crippen LogP contribution in [0.5, 0.6) is 0 Å². The van der Waals surface area contributed by atoms with Crippen molar-refractivity contribution in [3.8, 4) is 12.3 Å². The largest absolute Gasteiger partial charge is 0.416 e. The molecule has 1 nitrogen and oxygen atoms in total. The highest BCUT2D eigenvalue weighted by molar-refractivity contribution is 5.57. The molecule has 0 aromatic heterocycles. The van der Waals surface area contributed by atoms with E-state index in [2.05, 4.69) is 0 Å². The number of hydrogen-bond donors (Lipinski definition) is 1. The molecule has 2 N–H and O–H groups in total. The zero-order chi connectivity index (χ0) is 10.9. The number of hydrogen-bond acceptors (Lipinski definition) is 1. The van der Waals surface area contributed by atoms with E-state index < -0.39 is 23.2 Å². The maximum atomic E-state index is 12.8. The molecule has 0 unspecified atom stereocenters. The van der Waals surface area contributed by atoms with Crippen LogP contribution in [0.2, 0.25) is 0 Å². The molecule has 0 atom stereocenters. The number of nitrogens with two attached hydrogens (primary N) is 1. The lowest BCUT2D eigenvalue weighted by Gasteiger charge is -2.08. The van der Waals surface area contributed by atoms with Crippen LogP contribution in [-0.4, -0.2) is 0 Å². The first-order chi connectivity index (χ1) is 6.36. The van der Waals surface area contributed by atoms with Crippen LogP contribution in [0.3, 0.4) is 0 Å². The van der Waals surface area contributed by atoms with Gasteiger partial charge in [-0.2, -0.15) is 13.2 Å². The summed E-state index contributed by atoms with van der Waals surface area (Å²) in [5.74, 6) is 0.724. The van der Waals surface area contributed by atoms with Crippen molar-refractivity contribution in [1.29, 1.82) is 0 Å². The second kappa shape index (κ2) is 3.22. The number of terminal acetylenes is 1. The van der Waals surface area contributed by atoms with Crippen molar-refractivity contribution in [3.63, 3.8) is 0 Å². The van der Waals surface area contributed by atoms with E-state index in [0.717, 1.165) is 0 Å². The standard InChI is InChI=1S/C9H5F4N/c1-2-5-3-6(9(11,12)13)4-7(10)8(5)14/h1,3-4H,14H2. The van der Waals surface area contributed by atoms with Gasteiger partial charge in [-0.3, -0.25) is 0 Å². The number of halogens is 4. The average molecular weight is 203 g/mol. The van der Waals surface area contributed by atoms with E-state index in [1.807, 2.05) is 5.92 Å². The van der Waals surface area contributed by atoms with Gasteiger partial charge in [-0.15, -0.1) is 6.42 Å². The Bertz CT molecular complexity index is 400. The quantitative estimate of drug-likeness (QED) is 0.391. The zero-order valence-corrected chi connectivity index (χ0v) is 6.82. The first-order valence-electron chi connectivity index (χ1n) is 3.49. The summed E-state index contributed by atoms with van der Waals surface area (Å²) in [6.07, 6.45) is 0.243. The molecular formula is C9H5F4N. The van der Waals surface area contributed by atoms with Crippen molar-refractivity contribution >= 4 is 5.69 Å². The summed E-state index contributed by atoms with van der Waals surface area (Å²) < 4.78 is 49.3. The van der Waals surface area contributed by atoms with E-state index in [1.54, 1.807) is 0 Å². The Morgan fingerprint density at radius 3 is 2.29 bits per heavy atom. The molecule has 74 valence electrons. The number of rotatable bonds is 0. The van der Waals surface area contributed by atoms with E-state index in [4.69, 9.17) is 12.2 Å². The van der Waals surface area contributed by atoms with Crippen LogP contribution in [0.1, 0.15) is 11.1 Å². The Balaban J connectivity index is 3.40. The second-order valence-corrected chi connectivity index (χ2v) is 2.56. The van der Waals surface area contributed by atoms with Gasteiger partial charge >= 0.3 is 6.18 Å². The summed E-state index contributed by atoms with van der Waals surface area (Å²) in [7, 11) is 0. The monoisotopic (exact) mass is 203 g/mol. The van der Waals surface area contributed by atoms with E-state index in [1.165, 1.54) is 0 Å². The molecule has 0 aliphatic heterocycles. The van der Waals surface area contributed by atoms with Gasteiger partial charge in [-0.25, -0.2) is 4.39 Å². The molecular weight excluding hydrogens is 198 g/mol. The van der Waals surface area contributed by atoms with Crippen LogP contribution in [-0.2, 0) is 6.18 Å². The van der Waals surface area contributed by atoms with Crippen molar-refractivity contribution < 1.29 is 17.6 Å². The third-order valence-electron chi connectivity index (χ3n) is 1.61. The molecule has 0 fully saturated rings. The first-order valence-corrected chi connectivity index (χ1v) is 3.49. The summed E-state index contributed by atoms with van der Waals surface area (Å²) in [5.41, 5.74) is 3.24. The Morgan fingerprint density at radius 2 is 1.86 bits per heavy atom. The second-order valence-electron chi connectivity index (χ2n) is 2.56. The Labute approximate surface area is 77.5 Å². The van der Waals surface area contributed by atoms with Crippen molar-refractivity contribution in [2.45, 2.75) is 6.18 Å². The molecule has 14 heavy (non-hydrogen) atoms. The molecule has 1 aromatic rings. The number of alkyl halides is 3. The highest BCUT2D eigenvalue weighted by Gasteiger charge is 2.31. The lowest BCUT2D eigenvalue weighted by molar-refractivity contribution is -0.137. The van der Waals surface area contributed by atoms with Gasteiger partial charge in [0.25, 0.3) is 0 Å². The number of anilines is 1. The predicted molar refractivity (Wildman–Crippen MR) is 43.7 cm³/mol. The van der Waals surface area contributed by atoms with E-state index >= 15 is 0 Å². The topological polar surface area (TPSA) is 26.0 Å². The molecule has 1 aromatic carbocycles. The van der Waals surface area contributed by atoms with Crippen LogP contribution >= 0.6 is 0 Å². The molecule has 0 amide bonds. The normalized spacial score (nSPS) is 11.1. The molecule has 0 aliphatic carbocycles. The van der Waals surface area contributed by atoms with Gasteiger partial charge < -0.3 is 5.73 Å². The van der Waals surface area contributed by atoms with E-state index in [0.29, 0.717) is 12.1 Å². The highest BCUT2D eigenvalue weighted by atomic mass is 19.4.